The molecule has 4 nitrogen and oxygen atoms in total. The first-order valence-corrected chi connectivity index (χ1v) is 5.93. The zero-order chi connectivity index (χ0) is 12.6. The summed E-state index contributed by atoms with van der Waals surface area (Å²) in [5.74, 6) is -0.186. The monoisotopic (exact) mass is 238 g/mol. The van der Waals surface area contributed by atoms with Gasteiger partial charge in [0.15, 0.2) is 0 Å². The summed E-state index contributed by atoms with van der Waals surface area (Å²) in [5.41, 5.74) is -0.292. The molecule has 1 aliphatic heterocycles. The summed E-state index contributed by atoms with van der Waals surface area (Å²) in [6.45, 7) is 5.88. The summed E-state index contributed by atoms with van der Waals surface area (Å²) in [6.07, 6.45) is 3.54. The molecule has 94 valence electrons. The van der Waals surface area contributed by atoms with E-state index in [4.69, 9.17) is 9.47 Å². The SMILES string of the molecule is CC(C)(C)O[C@@H]1CC(=O)C[C@H]1[C@H]1C=CC(=O)O1. The highest BCUT2D eigenvalue weighted by Gasteiger charge is 2.42. The van der Waals surface area contributed by atoms with Gasteiger partial charge in [0.25, 0.3) is 0 Å². The predicted octanol–water partition coefficient (Wildman–Crippen LogP) is 1.63. The van der Waals surface area contributed by atoms with Gasteiger partial charge in [0.05, 0.1) is 11.7 Å². The molecule has 2 aliphatic rings. The Bertz CT molecular complexity index is 364. The predicted molar refractivity (Wildman–Crippen MR) is 61.4 cm³/mol. The summed E-state index contributed by atoms with van der Waals surface area (Å²) in [6, 6.07) is 0. The zero-order valence-electron chi connectivity index (χ0n) is 10.4. The number of ketones is 1. The Hall–Kier alpha value is -1.16. The van der Waals surface area contributed by atoms with Crippen LogP contribution in [0, 0.1) is 5.92 Å². The van der Waals surface area contributed by atoms with E-state index in [1.165, 1.54) is 6.08 Å². The molecule has 0 aromatic carbocycles. The van der Waals surface area contributed by atoms with Gasteiger partial charge in [-0.2, -0.15) is 0 Å². The van der Waals surface area contributed by atoms with Crippen LogP contribution in [0.15, 0.2) is 12.2 Å². The number of rotatable bonds is 2. The fraction of sp³-hybridized carbons (Fsp3) is 0.692. The van der Waals surface area contributed by atoms with Gasteiger partial charge in [-0.3, -0.25) is 4.79 Å². The normalized spacial score (nSPS) is 33.2. The van der Waals surface area contributed by atoms with Crippen molar-refractivity contribution < 1.29 is 19.1 Å². The number of cyclic esters (lactones) is 1. The Morgan fingerprint density at radius 2 is 2.00 bits per heavy atom. The molecule has 17 heavy (non-hydrogen) atoms. The van der Waals surface area contributed by atoms with E-state index in [0.717, 1.165) is 0 Å². The molecule has 0 aromatic heterocycles. The van der Waals surface area contributed by atoms with Crippen LogP contribution in [0.3, 0.4) is 0 Å². The van der Waals surface area contributed by atoms with Crippen molar-refractivity contribution in [2.45, 2.75) is 51.4 Å². The summed E-state index contributed by atoms with van der Waals surface area (Å²) >= 11 is 0. The Morgan fingerprint density at radius 3 is 2.53 bits per heavy atom. The number of esters is 1. The molecule has 2 rings (SSSR count). The van der Waals surface area contributed by atoms with Gasteiger partial charge in [-0.05, 0) is 26.8 Å². The molecule has 0 unspecified atom stereocenters. The van der Waals surface area contributed by atoms with Gasteiger partial charge >= 0.3 is 5.97 Å². The van der Waals surface area contributed by atoms with Crippen molar-refractivity contribution >= 4 is 11.8 Å². The highest BCUT2D eigenvalue weighted by molar-refractivity contribution is 5.85. The van der Waals surface area contributed by atoms with Crippen LogP contribution < -0.4 is 0 Å². The molecule has 1 saturated carbocycles. The summed E-state index contributed by atoms with van der Waals surface area (Å²) < 4.78 is 11.0. The van der Waals surface area contributed by atoms with E-state index in [-0.39, 0.29) is 35.5 Å². The lowest BCUT2D eigenvalue weighted by atomic mass is 9.98. The van der Waals surface area contributed by atoms with Crippen molar-refractivity contribution in [3.05, 3.63) is 12.2 Å². The van der Waals surface area contributed by atoms with Crippen LogP contribution in [-0.4, -0.2) is 29.6 Å². The molecule has 0 spiro atoms. The maximum absolute atomic E-state index is 11.5. The highest BCUT2D eigenvalue weighted by Crippen LogP contribution is 2.34. The Labute approximate surface area is 101 Å². The first-order valence-electron chi connectivity index (χ1n) is 5.93. The average molecular weight is 238 g/mol. The third kappa shape index (κ3) is 2.94. The lowest BCUT2D eigenvalue weighted by Gasteiger charge is -2.30. The molecule has 0 amide bonds. The van der Waals surface area contributed by atoms with Crippen LogP contribution in [0.5, 0.6) is 0 Å². The van der Waals surface area contributed by atoms with Gasteiger partial charge in [0.1, 0.15) is 11.9 Å². The van der Waals surface area contributed by atoms with Crippen LogP contribution in [-0.2, 0) is 19.1 Å². The Balaban J connectivity index is 2.06. The quantitative estimate of drug-likeness (QED) is 0.686. The van der Waals surface area contributed by atoms with Gasteiger partial charge in [-0.15, -0.1) is 0 Å². The van der Waals surface area contributed by atoms with Crippen molar-refractivity contribution in [2.24, 2.45) is 5.92 Å². The molecular formula is C13H18O4. The number of hydrogen-bond donors (Lipinski definition) is 0. The number of Topliss-reactive ketones (excluding diaryl/α,β-unsaturated/α-hetero) is 1. The van der Waals surface area contributed by atoms with Gasteiger partial charge in [0, 0.05) is 24.8 Å². The minimum atomic E-state index is -0.330. The zero-order valence-corrected chi connectivity index (χ0v) is 10.4. The second-order valence-corrected chi connectivity index (χ2v) is 5.64. The minimum absolute atomic E-state index is 0.0376. The summed E-state index contributed by atoms with van der Waals surface area (Å²) in [7, 11) is 0. The van der Waals surface area contributed by atoms with Crippen molar-refractivity contribution in [1.29, 1.82) is 0 Å². The van der Waals surface area contributed by atoms with E-state index in [0.29, 0.717) is 12.8 Å². The van der Waals surface area contributed by atoms with Gasteiger partial charge in [-0.1, -0.05) is 0 Å². The van der Waals surface area contributed by atoms with E-state index in [1.54, 1.807) is 6.08 Å². The molecule has 0 saturated heterocycles. The van der Waals surface area contributed by atoms with E-state index in [2.05, 4.69) is 0 Å². The van der Waals surface area contributed by atoms with Crippen molar-refractivity contribution in [3.8, 4) is 0 Å². The molecule has 4 heteroatoms. The first kappa shape index (κ1) is 12.3. The lowest BCUT2D eigenvalue weighted by molar-refractivity contribution is -0.145. The molecule has 0 aromatic rings. The van der Waals surface area contributed by atoms with E-state index < -0.39 is 0 Å². The standard InChI is InChI=1S/C13H18O4/c1-13(2,3)17-11-7-8(14)6-9(11)10-4-5-12(15)16-10/h4-5,9-11H,6-7H2,1-3H3/t9-,10+,11+/m0/s1. The average Bonchev–Trinajstić information content (AvgIpc) is 2.70. The maximum atomic E-state index is 11.5. The topological polar surface area (TPSA) is 52.6 Å². The highest BCUT2D eigenvalue weighted by atomic mass is 16.6. The smallest absolute Gasteiger partial charge is 0.331 e. The lowest BCUT2D eigenvalue weighted by Crippen LogP contribution is -2.35. The van der Waals surface area contributed by atoms with Crippen LogP contribution in [0.1, 0.15) is 33.6 Å². The van der Waals surface area contributed by atoms with Crippen LogP contribution in [0.2, 0.25) is 0 Å². The summed E-state index contributed by atoms with van der Waals surface area (Å²) in [5, 5.41) is 0. The Morgan fingerprint density at radius 1 is 1.29 bits per heavy atom. The molecule has 1 aliphatic carbocycles. The fourth-order valence-corrected chi connectivity index (χ4v) is 2.38. The minimum Gasteiger partial charge on any atom is -0.455 e. The van der Waals surface area contributed by atoms with E-state index >= 15 is 0 Å². The molecule has 0 N–H and O–H groups in total. The largest absolute Gasteiger partial charge is 0.455 e. The van der Waals surface area contributed by atoms with Gasteiger partial charge in [-0.25, -0.2) is 4.79 Å². The number of hydrogen-bond acceptors (Lipinski definition) is 4. The number of carbonyl (C=O) groups is 2. The van der Waals surface area contributed by atoms with Crippen LogP contribution in [0.25, 0.3) is 0 Å². The van der Waals surface area contributed by atoms with Gasteiger partial charge < -0.3 is 9.47 Å². The fourth-order valence-electron chi connectivity index (χ4n) is 2.38. The summed E-state index contributed by atoms with van der Waals surface area (Å²) in [4.78, 5) is 22.6. The third-order valence-electron chi connectivity index (χ3n) is 2.97. The molecular weight excluding hydrogens is 220 g/mol. The number of ether oxygens (including phenoxy) is 2. The third-order valence-corrected chi connectivity index (χ3v) is 2.97. The second kappa shape index (κ2) is 4.26. The molecule has 1 heterocycles. The molecule has 0 bridgehead atoms. The van der Waals surface area contributed by atoms with Crippen LogP contribution >= 0.6 is 0 Å². The molecule has 3 atom stereocenters. The number of carbonyl (C=O) groups excluding carboxylic acids is 2. The van der Waals surface area contributed by atoms with E-state index in [1.807, 2.05) is 20.8 Å². The van der Waals surface area contributed by atoms with Crippen LogP contribution in [0.4, 0.5) is 0 Å². The molecule has 0 radical (unpaired) electrons. The van der Waals surface area contributed by atoms with Crippen molar-refractivity contribution in [2.75, 3.05) is 0 Å². The second-order valence-electron chi connectivity index (χ2n) is 5.64. The van der Waals surface area contributed by atoms with Crippen molar-refractivity contribution in [1.82, 2.24) is 0 Å². The van der Waals surface area contributed by atoms with Gasteiger partial charge in [0.2, 0.25) is 0 Å². The molecule has 1 fully saturated rings. The first-order chi connectivity index (χ1) is 7.85. The van der Waals surface area contributed by atoms with E-state index in [9.17, 15) is 9.59 Å². The van der Waals surface area contributed by atoms with Crippen molar-refractivity contribution in [3.63, 3.8) is 0 Å². The Kier molecular flexibility index (Phi) is 3.08. The maximum Gasteiger partial charge on any atom is 0.331 e.